The standard InChI is InChI=1S/C20H27N3O6/c1-12(2)18(20(26)21-6-7-27-3)22-19(25)13-8-17(24)23(10-13)14-4-5-15-16(9-14)29-11-28-15/h4-5,9,12-13,18H,6-8,10-11H2,1-3H3,(H,21,26)(H,22,25)/t13-,18-/m0/s1. The van der Waals surface area contributed by atoms with E-state index in [4.69, 9.17) is 14.2 Å². The number of hydrogen-bond acceptors (Lipinski definition) is 6. The number of amides is 3. The number of benzene rings is 1. The van der Waals surface area contributed by atoms with E-state index in [-0.39, 0.29) is 43.4 Å². The molecule has 2 atom stereocenters. The van der Waals surface area contributed by atoms with Crippen molar-refractivity contribution in [3.8, 4) is 11.5 Å². The van der Waals surface area contributed by atoms with Crippen LogP contribution in [0.25, 0.3) is 0 Å². The molecule has 2 aliphatic heterocycles. The van der Waals surface area contributed by atoms with Crippen LogP contribution in [-0.4, -0.2) is 57.4 Å². The Balaban J connectivity index is 1.62. The maximum Gasteiger partial charge on any atom is 0.242 e. The number of methoxy groups -OCH3 is 1. The van der Waals surface area contributed by atoms with Crippen molar-refractivity contribution in [2.45, 2.75) is 26.3 Å². The van der Waals surface area contributed by atoms with Gasteiger partial charge in [0.15, 0.2) is 11.5 Å². The second-order valence-corrected chi connectivity index (χ2v) is 7.46. The van der Waals surface area contributed by atoms with Crippen LogP contribution in [0.15, 0.2) is 18.2 Å². The normalized spacial score (nSPS) is 18.8. The van der Waals surface area contributed by atoms with Crippen molar-refractivity contribution >= 4 is 23.4 Å². The summed E-state index contributed by atoms with van der Waals surface area (Å²) in [6.45, 7) is 4.89. The maximum atomic E-state index is 12.8. The Labute approximate surface area is 169 Å². The van der Waals surface area contributed by atoms with Gasteiger partial charge in [0.2, 0.25) is 24.5 Å². The van der Waals surface area contributed by atoms with Gasteiger partial charge >= 0.3 is 0 Å². The molecule has 0 aliphatic carbocycles. The number of nitrogens with zero attached hydrogens (tertiary/aromatic N) is 1. The lowest BCUT2D eigenvalue weighted by atomic mass is 10.0. The maximum absolute atomic E-state index is 12.8. The molecule has 0 unspecified atom stereocenters. The van der Waals surface area contributed by atoms with E-state index >= 15 is 0 Å². The fourth-order valence-corrected chi connectivity index (χ4v) is 3.38. The lowest BCUT2D eigenvalue weighted by Gasteiger charge is -2.23. The summed E-state index contributed by atoms with van der Waals surface area (Å²) in [5, 5.41) is 5.55. The molecule has 3 rings (SSSR count). The number of ether oxygens (including phenoxy) is 3. The van der Waals surface area contributed by atoms with Crippen molar-refractivity contribution in [2.75, 3.05) is 38.5 Å². The molecule has 29 heavy (non-hydrogen) atoms. The number of carbonyl (C=O) groups excluding carboxylic acids is 3. The third kappa shape index (κ3) is 4.79. The highest BCUT2D eigenvalue weighted by Gasteiger charge is 2.37. The van der Waals surface area contributed by atoms with Crippen LogP contribution >= 0.6 is 0 Å². The van der Waals surface area contributed by atoms with Crippen molar-refractivity contribution in [1.82, 2.24) is 10.6 Å². The Morgan fingerprint density at radius 2 is 2.03 bits per heavy atom. The predicted octanol–water partition coefficient (Wildman–Crippen LogP) is 0.672. The van der Waals surface area contributed by atoms with Crippen molar-refractivity contribution in [2.24, 2.45) is 11.8 Å². The Morgan fingerprint density at radius 1 is 1.28 bits per heavy atom. The Hall–Kier alpha value is -2.81. The molecule has 2 heterocycles. The number of carbonyl (C=O) groups is 3. The third-order valence-electron chi connectivity index (χ3n) is 5.02. The second kappa shape index (κ2) is 9.13. The molecule has 1 aromatic rings. The van der Waals surface area contributed by atoms with Gasteiger partial charge in [0.25, 0.3) is 0 Å². The minimum atomic E-state index is -0.672. The van der Waals surface area contributed by atoms with Crippen LogP contribution in [0.1, 0.15) is 20.3 Å². The molecule has 0 radical (unpaired) electrons. The van der Waals surface area contributed by atoms with Gasteiger partial charge in [0.1, 0.15) is 6.04 Å². The molecule has 2 aliphatic rings. The summed E-state index contributed by atoms with van der Waals surface area (Å²) in [5.41, 5.74) is 0.660. The second-order valence-electron chi connectivity index (χ2n) is 7.46. The molecule has 9 nitrogen and oxygen atoms in total. The first-order valence-corrected chi connectivity index (χ1v) is 9.67. The van der Waals surface area contributed by atoms with Gasteiger partial charge in [-0.25, -0.2) is 0 Å². The first-order valence-electron chi connectivity index (χ1n) is 9.67. The van der Waals surface area contributed by atoms with Gasteiger partial charge in [-0.2, -0.15) is 0 Å². The smallest absolute Gasteiger partial charge is 0.242 e. The van der Waals surface area contributed by atoms with Crippen molar-refractivity contribution < 1.29 is 28.6 Å². The molecule has 1 fully saturated rings. The number of nitrogens with one attached hydrogen (secondary N) is 2. The summed E-state index contributed by atoms with van der Waals surface area (Å²) in [5.74, 6) is -0.117. The summed E-state index contributed by atoms with van der Waals surface area (Å²) in [6.07, 6.45) is 0.0936. The minimum absolute atomic E-state index is 0.0936. The Kier molecular flexibility index (Phi) is 6.58. The number of rotatable bonds is 8. The van der Waals surface area contributed by atoms with Crippen LogP contribution < -0.4 is 25.0 Å². The topological polar surface area (TPSA) is 106 Å². The van der Waals surface area contributed by atoms with Crippen LogP contribution in [0.4, 0.5) is 5.69 Å². The molecule has 3 amide bonds. The highest BCUT2D eigenvalue weighted by atomic mass is 16.7. The van der Waals surface area contributed by atoms with Crippen LogP contribution in [-0.2, 0) is 19.1 Å². The first kappa shape index (κ1) is 20.9. The van der Waals surface area contributed by atoms with Crippen molar-refractivity contribution in [1.29, 1.82) is 0 Å². The molecule has 158 valence electrons. The molecule has 0 bridgehead atoms. The van der Waals surface area contributed by atoms with Gasteiger partial charge in [0, 0.05) is 38.4 Å². The van der Waals surface area contributed by atoms with Crippen LogP contribution in [0, 0.1) is 11.8 Å². The fourth-order valence-electron chi connectivity index (χ4n) is 3.38. The van der Waals surface area contributed by atoms with E-state index in [9.17, 15) is 14.4 Å². The molecular formula is C20H27N3O6. The van der Waals surface area contributed by atoms with E-state index < -0.39 is 12.0 Å². The number of hydrogen-bond donors (Lipinski definition) is 2. The van der Waals surface area contributed by atoms with E-state index in [1.165, 1.54) is 0 Å². The molecule has 2 N–H and O–H groups in total. The van der Waals surface area contributed by atoms with Crippen LogP contribution in [0.3, 0.4) is 0 Å². The average molecular weight is 405 g/mol. The summed E-state index contributed by atoms with van der Waals surface area (Å²) < 4.78 is 15.6. The zero-order valence-corrected chi connectivity index (χ0v) is 16.9. The SMILES string of the molecule is COCCNC(=O)[C@@H](NC(=O)[C@H]1CC(=O)N(c2ccc3c(c2)OCO3)C1)C(C)C. The van der Waals surface area contributed by atoms with E-state index in [0.717, 1.165) is 0 Å². The summed E-state index contributed by atoms with van der Waals surface area (Å²) in [6, 6.07) is 4.58. The van der Waals surface area contributed by atoms with E-state index in [0.29, 0.717) is 30.3 Å². The van der Waals surface area contributed by atoms with Gasteiger partial charge in [0.05, 0.1) is 12.5 Å². The predicted molar refractivity (Wildman–Crippen MR) is 105 cm³/mol. The average Bonchev–Trinajstić information content (AvgIpc) is 3.31. The Morgan fingerprint density at radius 3 is 2.76 bits per heavy atom. The number of fused-ring (bicyclic) bond motifs is 1. The van der Waals surface area contributed by atoms with Gasteiger partial charge < -0.3 is 29.7 Å². The number of anilines is 1. The highest BCUT2D eigenvalue weighted by molar-refractivity contribution is 6.01. The molecule has 1 aromatic carbocycles. The lowest BCUT2D eigenvalue weighted by molar-refractivity contribution is -0.132. The molecule has 9 heteroatoms. The quantitative estimate of drug-likeness (QED) is 0.616. The molecule has 1 saturated heterocycles. The molecular weight excluding hydrogens is 378 g/mol. The minimum Gasteiger partial charge on any atom is -0.454 e. The molecule has 0 saturated carbocycles. The van der Waals surface area contributed by atoms with Crippen LogP contribution in [0.5, 0.6) is 11.5 Å². The zero-order chi connectivity index (χ0) is 21.0. The van der Waals surface area contributed by atoms with Gasteiger partial charge in [-0.1, -0.05) is 13.8 Å². The lowest BCUT2D eigenvalue weighted by Crippen LogP contribution is -2.51. The van der Waals surface area contributed by atoms with Gasteiger partial charge in [-0.05, 0) is 18.1 Å². The molecule has 0 spiro atoms. The van der Waals surface area contributed by atoms with Crippen LogP contribution in [0.2, 0.25) is 0 Å². The Bertz CT molecular complexity index is 781. The fraction of sp³-hybridized carbons (Fsp3) is 0.550. The van der Waals surface area contributed by atoms with E-state index in [1.54, 1.807) is 30.2 Å². The first-order chi connectivity index (χ1) is 13.9. The van der Waals surface area contributed by atoms with E-state index in [1.807, 2.05) is 13.8 Å². The summed E-state index contributed by atoms with van der Waals surface area (Å²) in [4.78, 5) is 39.2. The highest BCUT2D eigenvalue weighted by Crippen LogP contribution is 2.37. The summed E-state index contributed by atoms with van der Waals surface area (Å²) in [7, 11) is 1.55. The largest absolute Gasteiger partial charge is 0.454 e. The third-order valence-corrected chi connectivity index (χ3v) is 5.02. The molecule has 0 aromatic heterocycles. The van der Waals surface area contributed by atoms with E-state index in [2.05, 4.69) is 10.6 Å². The monoisotopic (exact) mass is 405 g/mol. The van der Waals surface area contributed by atoms with Crippen molar-refractivity contribution in [3.63, 3.8) is 0 Å². The summed E-state index contributed by atoms with van der Waals surface area (Å²) >= 11 is 0. The van der Waals surface area contributed by atoms with Crippen molar-refractivity contribution in [3.05, 3.63) is 18.2 Å². The van der Waals surface area contributed by atoms with Gasteiger partial charge in [-0.3, -0.25) is 14.4 Å². The zero-order valence-electron chi connectivity index (χ0n) is 16.9. The van der Waals surface area contributed by atoms with Gasteiger partial charge in [-0.15, -0.1) is 0 Å².